The molecule has 0 radical (unpaired) electrons. The van der Waals surface area contributed by atoms with E-state index in [4.69, 9.17) is 0 Å². The molecule has 0 aromatic heterocycles. The van der Waals surface area contributed by atoms with E-state index in [-0.39, 0.29) is 0 Å². The standard InChI is InChI=1S/C16H28N2/c1-16(2,3)14-17-11-8-12-18(4)13-15-9-6-5-7-10-15/h5-7,9-10,17H,8,11-14H2,1-4H3. The summed E-state index contributed by atoms with van der Waals surface area (Å²) >= 11 is 0. The summed E-state index contributed by atoms with van der Waals surface area (Å²) in [5.74, 6) is 0. The van der Waals surface area contributed by atoms with E-state index in [1.807, 2.05) is 0 Å². The SMILES string of the molecule is CN(CCCNCC(C)(C)C)Cc1ccccc1. The predicted octanol–water partition coefficient (Wildman–Crippen LogP) is 3.14. The summed E-state index contributed by atoms with van der Waals surface area (Å²) in [6.45, 7) is 11.2. The van der Waals surface area contributed by atoms with E-state index in [1.165, 1.54) is 12.0 Å². The summed E-state index contributed by atoms with van der Waals surface area (Å²) in [6, 6.07) is 10.7. The van der Waals surface area contributed by atoms with Crippen LogP contribution in [0.2, 0.25) is 0 Å². The van der Waals surface area contributed by atoms with Crippen molar-refractivity contribution in [2.24, 2.45) is 5.41 Å². The van der Waals surface area contributed by atoms with Crippen molar-refractivity contribution in [2.75, 3.05) is 26.7 Å². The first-order chi connectivity index (χ1) is 8.47. The zero-order valence-electron chi connectivity index (χ0n) is 12.4. The van der Waals surface area contributed by atoms with Gasteiger partial charge in [-0.15, -0.1) is 0 Å². The van der Waals surface area contributed by atoms with Crippen LogP contribution in [0.25, 0.3) is 0 Å². The second-order valence-electron chi connectivity index (χ2n) is 6.31. The predicted molar refractivity (Wildman–Crippen MR) is 79.7 cm³/mol. The Morgan fingerprint density at radius 3 is 2.39 bits per heavy atom. The third kappa shape index (κ3) is 7.46. The molecule has 0 spiro atoms. The third-order valence-electron chi connectivity index (χ3n) is 2.84. The minimum atomic E-state index is 0.385. The molecule has 0 heterocycles. The van der Waals surface area contributed by atoms with Crippen LogP contribution in [0.15, 0.2) is 30.3 Å². The van der Waals surface area contributed by atoms with Gasteiger partial charge in [-0.1, -0.05) is 51.1 Å². The van der Waals surface area contributed by atoms with Gasteiger partial charge in [-0.05, 0) is 44.1 Å². The van der Waals surface area contributed by atoms with Crippen LogP contribution in [0.1, 0.15) is 32.8 Å². The van der Waals surface area contributed by atoms with Gasteiger partial charge in [0.1, 0.15) is 0 Å². The van der Waals surface area contributed by atoms with E-state index in [1.54, 1.807) is 0 Å². The van der Waals surface area contributed by atoms with E-state index in [9.17, 15) is 0 Å². The Bertz CT molecular complexity index is 314. The van der Waals surface area contributed by atoms with Crippen molar-refractivity contribution in [3.63, 3.8) is 0 Å². The van der Waals surface area contributed by atoms with Crippen molar-refractivity contribution in [1.29, 1.82) is 0 Å². The average Bonchev–Trinajstić information content (AvgIpc) is 2.28. The highest BCUT2D eigenvalue weighted by atomic mass is 15.1. The van der Waals surface area contributed by atoms with E-state index in [0.717, 1.165) is 26.2 Å². The number of nitrogens with one attached hydrogen (secondary N) is 1. The molecular weight excluding hydrogens is 220 g/mol. The van der Waals surface area contributed by atoms with Crippen molar-refractivity contribution in [1.82, 2.24) is 10.2 Å². The Labute approximate surface area is 112 Å². The molecule has 18 heavy (non-hydrogen) atoms. The van der Waals surface area contributed by atoms with E-state index in [0.29, 0.717) is 5.41 Å². The van der Waals surface area contributed by atoms with Gasteiger partial charge < -0.3 is 10.2 Å². The number of benzene rings is 1. The molecule has 1 N–H and O–H groups in total. The van der Waals surface area contributed by atoms with Gasteiger partial charge in [0.05, 0.1) is 0 Å². The van der Waals surface area contributed by atoms with E-state index >= 15 is 0 Å². The number of rotatable bonds is 7. The summed E-state index contributed by atoms with van der Waals surface area (Å²) in [4.78, 5) is 2.38. The van der Waals surface area contributed by atoms with Crippen LogP contribution < -0.4 is 5.32 Å². The Hall–Kier alpha value is -0.860. The molecule has 0 bridgehead atoms. The molecular formula is C16H28N2. The van der Waals surface area contributed by atoms with Crippen LogP contribution in [-0.4, -0.2) is 31.6 Å². The van der Waals surface area contributed by atoms with Gasteiger partial charge in [0.2, 0.25) is 0 Å². The normalized spacial score (nSPS) is 12.1. The van der Waals surface area contributed by atoms with Gasteiger partial charge in [-0.25, -0.2) is 0 Å². The lowest BCUT2D eigenvalue weighted by atomic mass is 9.97. The van der Waals surface area contributed by atoms with E-state index in [2.05, 4.69) is 68.4 Å². The minimum Gasteiger partial charge on any atom is -0.316 e. The van der Waals surface area contributed by atoms with Crippen molar-refractivity contribution >= 4 is 0 Å². The van der Waals surface area contributed by atoms with Crippen LogP contribution in [0.3, 0.4) is 0 Å². The molecule has 0 fully saturated rings. The molecule has 1 aromatic carbocycles. The summed E-state index contributed by atoms with van der Waals surface area (Å²) in [5.41, 5.74) is 1.78. The number of nitrogens with zero attached hydrogens (tertiary/aromatic N) is 1. The van der Waals surface area contributed by atoms with Crippen molar-refractivity contribution in [3.05, 3.63) is 35.9 Å². The average molecular weight is 248 g/mol. The molecule has 2 nitrogen and oxygen atoms in total. The minimum absolute atomic E-state index is 0.385. The Kier molecular flexibility index (Phi) is 6.37. The third-order valence-corrected chi connectivity index (χ3v) is 2.84. The van der Waals surface area contributed by atoms with Crippen LogP contribution in [0, 0.1) is 5.41 Å². The summed E-state index contributed by atoms with van der Waals surface area (Å²) in [6.07, 6.45) is 1.21. The lowest BCUT2D eigenvalue weighted by Crippen LogP contribution is -2.29. The number of hydrogen-bond donors (Lipinski definition) is 1. The van der Waals surface area contributed by atoms with Crippen molar-refractivity contribution in [3.8, 4) is 0 Å². The molecule has 0 aliphatic heterocycles. The van der Waals surface area contributed by atoms with Gasteiger partial charge in [0, 0.05) is 6.54 Å². The smallest absolute Gasteiger partial charge is 0.0230 e. The number of hydrogen-bond acceptors (Lipinski definition) is 2. The molecule has 0 amide bonds. The second kappa shape index (κ2) is 7.55. The molecule has 0 aliphatic rings. The molecule has 0 aliphatic carbocycles. The molecule has 2 heteroatoms. The van der Waals surface area contributed by atoms with Gasteiger partial charge in [-0.2, -0.15) is 0 Å². The summed E-state index contributed by atoms with van der Waals surface area (Å²) < 4.78 is 0. The van der Waals surface area contributed by atoms with E-state index < -0.39 is 0 Å². The first-order valence-electron chi connectivity index (χ1n) is 6.90. The summed E-state index contributed by atoms with van der Waals surface area (Å²) in [5, 5.41) is 3.52. The van der Waals surface area contributed by atoms with Crippen molar-refractivity contribution in [2.45, 2.75) is 33.7 Å². The first-order valence-corrected chi connectivity index (χ1v) is 6.90. The molecule has 0 saturated heterocycles. The maximum Gasteiger partial charge on any atom is 0.0230 e. The van der Waals surface area contributed by atoms with Gasteiger partial charge in [-0.3, -0.25) is 0 Å². The van der Waals surface area contributed by atoms with Gasteiger partial charge in [0.25, 0.3) is 0 Å². The van der Waals surface area contributed by atoms with Crippen molar-refractivity contribution < 1.29 is 0 Å². The van der Waals surface area contributed by atoms with Crippen LogP contribution in [0.4, 0.5) is 0 Å². The highest BCUT2D eigenvalue weighted by molar-refractivity contribution is 5.14. The van der Waals surface area contributed by atoms with Crippen LogP contribution in [0.5, 0.6) is 0 Å². The Balaban J connectivity index is 2.09. The highest BCUT2D eigenvalue weighted by Gasteiger charge is 2.08. The maximum atomic E-state index is 3.52. The molecule has 102 valence electrons. The Morgan fingerprint density at radius 1 is 1.11 bits per heavy atom. The molecule has 0 atom stereocenters. The first kappa shape index (κ1) is 15.2. The summed E-state index contributed by atoms with van der Waals surface area (Å²) in [7, 11) is 2.19. The zero-order valence-corrected chi connectivity index (χ0v) is 12.4. The fraction of sp³-hybridized carbons (Fsp3) is 0.625. The highest BCUT2D eigenvalue weighted by Crippen LogP contribution is 2.10. The topological polar surface area (TPSA) is 15.3 Å². The maximum absolute atomic E-state index is 3.52. The molecule has 0 unspecified atom stereocenters. The fourth-order valence-corrected chi connectivity index (χ4v) is 1.91. The van der Waals surface area contributed by atoms with Crippen LogP contribution >= 0.6 is 0 Å². The lowest BCUT2D eigenvalue weighted by molar-refractivity contribution is 0.312. The fourth-order valence-electron chi connectivity index (χ4n) is 1.91. The molecule has 0 saturated carbocycles. The quantitative estimate of drug-likeness (QED) is 0.746. The Morgan fingerprint density at radius 2 is 1.78 bits per heavy atom. The van der Waals surface area contributed by atoms with Crippen LogP contribution in [-0.2, 0) is 6.54 Å². The second-order valence-corrected chi connectivity index (χ2v) is 6.31. The van der Waals surface area contributed by atoms with Gasteiger partial charge in [0.15, 0.2) is 0 Å². The largest absolute Gasteiger partial charge is 0.316 e. The lowest BCUT2D eigenvalue weighted by Gasteiger charge is -2.20. The molecule has 1 aromatic rings. The zero-order chi connectivity index (χ0) is 13.4. The van der Waals surface area contributed by atoms with Gasteiger partial charge >= 0.3 is 0 Å². The molecule has 1 rings (SSSR count). The monoisotopic (exact) mass is 248 g/mol.